The summed E-state index contributed by atoms with van der Waals surface area (Å²) >= 11 is 6.38. The third kappa shape index (κ3) is 4.37. The largest absolute Gasteiger partial charge is 0.390 e. The summed E-state index contributed by atoms with van der Waals surface area (Å²) in [5.41, 5.74) is 9.83. The van der Waals surface area contributed by atoms with Gasteiger partial charge in [0.2, 0.25) is 0 Å². The molecule has 0 spiro atoms. The molecule has 0 bridgehead atoms. The van der Waals surface area contributed by atoms with E-state index >= 15 is 0 Å². The van der Waals surface area contributed by atoms with E-state index in [4.69, 9.17) is 33.1 Å². The van der Waals surface area contributed by atoms with Crippen molar-refractivity contribution in [2.45, 2.75) is 45.1 Å². The summed E-state index contributed by atoms with van der Waals surface area (Å²) in [6.45, 7) is 6.42. The zero-order valence-corrected chi connectivity index (χ0v) is 19.0. The first kappa shape index (κ1) is 22.6. The number of nitrogens with zero attached hydrogens (tertiary/aromatic N) is 4. The first-order chi connectivity index (χ1) is 14.7. The van der Waals surface area contributed by atoms with E-state index in [0.717, 1.165) is 38.6 Å². The predicted molar refractivity (Wildman–Crippen MR) is 131 cm³/mol. The second-order valence-electron chi connectivity index (χ2n) is 8.36. The van der Waals surface area contributed by atoms with Crippen molar-refractivity contribution in [3.63, 3.8) is 0 Å². The minimum atomic E-state index is -0.364. The Balaban J connectivity index is 2.36. The molecule has 31 heavy (non-hydrogen) atoms. The van der Waals surface area contributed by atoms with Gasteiger partial charge >= 0.3 is 0 Å². The topological polar surface area (TPSA) is 116 Å². The molecule has 3 rings (SSSR count). The summed E-state index contributed by atoms with van der Waals surface area (Å²) in [5.74, 6) is 0.984. The first-order valence-corrected chi connectivity index (χ1v) is 10.5. The highest BCUT2D eigenvalue weighted by Gasteiger charge is 2.28. The van der Waals surface area contributed by atoms with Crippen LogP contribution in [0.5, 0.6) is 0 Å². The Bertz CT molecular complexity index is 1130. The molecule has 4 N–H and O–H groups in total. The number of nitrogens with one attached hydrogen (secondary N) is 2. The Morgan fingerprint density at radius 3 is 2.55 bits per heavy atom. The molecule has 162 valence electrons. The number of aromatic nitrogens is 2. The van der Waals surface area contributed by atoms with Crippen LogP contribution in [-0.2, 0) is 5.54 Å². The van der Waals surface area contributed by atoms with Gasteiger partial charge in [-0.05, 0) is 57.4 Å². The number of benzene rings is 1. The van der Waals surface area contributed by atoms with Crippen molar-refractivity contribution >= 4 is 52.8 Å². The SMILES string of the molecule is CN=C(N=CN)C1=C(c2nc3cc(C(C=N)C=N)ccc3n2C(C)(C)C)CCC(Cl)=C1. The fraction of sp³-hybridized carbons (Fsp3) is 0.348. The van der Waals surface area contributed by atoms with E-state index in [1.165, 1.54) is 18.8 Å². The van der Waals surface area contributed by atoms with Crippen LogP contribution < -0.4 is 5.73 Å². The molecule has 1 aliphatic rings. The number of allylic oxidation sites excluding steroid dienone is 2. The minimum Gasteiger partial charge on any atom is -0.390 e. The van der Waals surface area contributed by atoms with Crippen LogP contribution in [-0.4, -0.2) is 41.2 Å². The van der Waals surface area contributed by atoms with E-state index in [2.05, 4.69) is 35.3 Å². The summed E-state index contributed by atoms with van der Waals surface area (Å²) in [7, 11) is 1.68. The molecule has 8 heteroatoms. The summed E-state index contributed by atoms with van der Waals surface area (Å²) < 4.78 is 2.22. The van der Waals surface area contributed by atoms with Gasteiger partial charge in [0.1, 0.15) is 5.82 Å². The maximum absolute atomic E-state index is 7.60. The molecule has 0 saturated carbocycles. The molecule has 0 fully saturated rings. The molecule has 2 aromatic rings. The maximum Gasteiger partial charge on any atom is 0.156 e. The van der Waals surface area contributed by atoms with E-state index in [1.807, 2.05) is 24.3 Å². The van der Waals surface area contributed by atoms with Gasteiger partial charge in [-0.25, -0.2) is 9.98 Å². The molecule has 7 nitrogen and oxygen atoms in total. The van der Waals surface area contributed by atoms with Gasteiger partial charge in [0, 0.05) is 41.2 Å². The van der Waals surface area contributed by atoms with Gasteiger partial charge in [0.15, 0.2) is 5.84 Å². The third-order valence-electron chi connectivity index (χ3n) is 5.25. The molecule has 0 aliphatic heterocycles. The fourth-order valence-electron chi connectivity index (χ4n) is 3.87. The standard InChI is InChI=1S/C23H28ClN7/c1-23(2,3)31-20-8-5-14(15(11-25)12-26)9-19(20)30-22(31)17-7-6-16(24)10-18(17)21(28-4)29-13-27/h5,8-13,15,25-26H,6-7H2,1-4H3,(H2,27,28,29). The summed E-state index contributed by atoms with van der Waals surface area (Å²) in [6.07, 6.45) is 7.08. The molecular formula is C23H28ClN7. The van der Waals surface area contributed by atoms with E-state index in [-0.39, 0.29) is 11.5 Å². The van der Waals surface area contributed by atoms with Gasteiger partial charge in [-0.3, -0.25) is 4.99 Å². The quantitative estimate of drug-likeness (QED) is 0.457. The Labute approximate surface area is 187 Å². The molecule has 1 aromatic carbocycles. The van der Waals surface area contributed by atoms with Crippen molar-refractivity contribution in [1.82, 2.24) is 9.55 Å². The number of aliphatic imine (C=N–C) groups is 2. The van der Waals surface area contributed by atoms with Crippen molar-refractivity contribution in [2.24, 2.45) is 15.7 Å². The smallest absolute Gasteiger partial charge is 0.156 e. The zero-order chi connectivity index (χ0) is 22.8. The third-order valence-corrected chi connectivity index (χ3v) is 5.55. The Hall–Kier alpha value is -3.06. The van der Waals surface area contributed by atoms with Gasteiger partial charge < -0.3 is 21.1 Å². The molecular weight excluding hydrogens is 410 g/mol. The van der Waals surface area contributed by atoms with Crippen molar-refractivity contribution in [3.05, 3.63) is 46.3 Å². The van der Waals surface area contributed by atoms with Gasteiger partial charge in [-0.15, -0.1) is 0 Å². The second kappa shape index (κ2) is 8.98. The maximum atomic E-state index is 7.60. The Morgan fingerprint density at radius 1 is 1.26 bits per heavy atom. The first-order valence-electron chi connectivity index (χ1n) is 10.1. The second-order valence-corrected chi connectivity index (χ2v) is 8.84. The molecule has 0 radical (unpaired) electrons. The Morgan fingerprint density at radius 2 is 1.97 bits per heavy atom. The van der Waals surface area contributed by atoms with Gasteiger partial charge in [-0.1, -0.05) is 17.7 Å². The van der Waals surface area contributed by atoms with E-state index < -0.39 is 0 Å². The van der Waals surface area contributed by atoms with Crippen LogP contribution in [0.15, 0.2) is 44.9 Å². The summed E-state index contributed by atoms with van der Waals surface area (Å²) in [4.78, 5) is 13.6. The molecule has 0 amide bonds. The van der Waals surface area contributed by atoms with Gasteiger partial charge in [0.05, 0.1) is 23.3 Å². The molecule has 0 unspecified atom stereocenters. The molecule has 1 aliphatic carbocycles. The number of rotatable bonds is 5. The average molecular weight is 438 g/mol. The Kier molecular flexibility index (Phi) is 6.55. The monoisotopic (exact) mass is 437 g/mol. The molecule has 0 atom stereocenters. The molecule has 1 heterocycles. The van der Waals surface area contributed by atoms with E-state index in [0.29, 0.717) is 18.7 Å². The lowest BCUT2D eigenvalue weighted by molar-refractivity contribution is 0.404. The number of amidine groups is 1. The van der Waals surface area contributed by atoms with Crippen LogP contribution in [0.25, 0.3) is 16.6 Å². The number of imidazole rings is 1. The van der Waals surface area contributed by atoms with Crippen LogP contribution in [0, 0.1) is 10.8 Å². The van der Waals surface area contributed by atoms with Crippen LogP contribution in [0.2, 0.25) is 0 Å². The molecule has 1 aromatic heterocycles. The lowest BCUT2D eigenvalue weighted by atomic mass is 9.94. The van der Waals surface area contributed by atoms with Crippen molar-refractivity contribution in [2.75, 3.05) is 7.05 Å². The lowest BCUT2D eigenvalue weighted by Gasteiger charge is -2.27. The highest BCUT2D eigenvalue weighted by Crippen LogP contribution is 2.37. The van der Waals surface area contributed by atoms with Crippen LogP contribution in [0.1, 0.15) is 50.9 Å². The number of halogens is 1. The van der Waals surface area contributed by atoms with Crippen molar-refractivity contribution < 1.29 is 0 Å². The number of fused-ring (bicyclic) bond motifs is 1. The number of nitrogens with two attached hydrogens (primary N) is 1. The summed E-state index contributed by atoms with van der Waals surface area (Å²) in [5, 5.41) is 15.9. The normalized spacial score (nSPS) is 16.7. The number of hydrogen-bond acceptors (Lipinski definition) is 4. The van der Waals surface area contributed by atoms with Crippen molar-refractivity contribution in [3.8, 4) is 0 Å². The fourth-order valence-corrected chi connectivity index (χ4v) is 4.08. The molecule has 0 saturated heterocycles. The lowest BCUT2D eigenvalue weighted by Crippen LogP contribution is -2.24. The highest BCUT2D eigenvalue weighted by molar-refractivity contribution is 6.31. The van der Waals surface area contributed by atoms with E-state index in [9.17, 15) is 0 Å². The summed E-state index contributed by atoms with van der Waals surface area (Å²) in [6, 6.07) is 5.94. The minimum absolute atomic E-state index is 0.238. The zero-order valence-electron chi connectivity index (χ0n) is 18.3. The highest BCUT2D eigenvalue weighted by atomic mass is 35.5. The van der Waals surface area contributed by atoms with Gasteiger partial charge in [0.25, 0.3) is 0 Å². The van der Waals surface area contributed by atoms with E-state index in [1.54, 1.807) is 7.05 Å². The number of hydrogen-bond donors (Lipinski definition) is 3. The van der Waals surface area contributed by atoms with Crippen molar-refractivity contribution in [1.29, 1.82) is 10.8 Å². The van der Waals surface area contributed by atoms with Crippen LogP contribution >= 0.6 is 11.6 Å². The van der Waals surface area contributed by atoms with Gasteiger partial charge in [-0.2, -0.15) is 0 Å². The van der Waals surface area contributed by atoms with Crippen LogP contribution in [0.4, 0.5) is 0 Å². The van der Waals surface area contributed by atoms with Crippen LogP contribution in [0.3, 0.4) is 0 Å². The predicted octanol–water partition coefficient (Wildman–Crippen LogP) is 4.86. The average Bonchev–Trinajstić information content (AvgIpc) is 3.12.